The maximum absolute atomic E-state index is 12.2. The Hall–Kier alpha value is -3.34. The smallest absolute Gasteiger partial charge is 0.350 e. The number of nitrogens with zero attached hydrogens (tertiary/aromatic N) is 3. The Morgan fingerprint density at radius 3 is 2.32 bits per heavy atom. The zero-order valence-electron chi connectivity index (χ0n) is 13.7. The van der Waals surface area contributed by atoms with Crippen molar-refractivity contribution in [1.82, 2.24) is 14.2 Å². The first-order chi connectivity index (χ1) is 12.3. The predicted octanol–water partition coefficient (Wildman–Crippen LogP) is 3.28. The van der Waals surface area contributed by atoms with E-state index in [1.807, 2.05) is 36.4 Å². The molecule has 4 rings (SSSR count). The van der Waals surface area contributed by atoms with E-state index in [2.05, 4.69) is 46.8 Å². The Morgan fingerprint density at radius 2 is 1.56 bits per heavy atom. The Labute approximate surface area is 145 Å². The molecule has 0 saturated heterocycles. The fourth-order valence-electron chi connectivity index (χ4n) is 2.83. The van der Waals surface area contributed by atoms with E-state index in [0.717, 1.165) is 5.69 Å². The third-order valence-electron chi connectivity index (χ3n) is 4.13. The van der Waals surface area contributed by atoms with Crippen molar-refractivity contribution in [3.05, 3.63) is 89.5 Å². The highest BCUT2D eigenvalue weighted by molar-refractivity contribution is 5.65. The van der Waals surface area contributed by atoms with Crippen LogP contribution in [0.15, 0.2) is 83.8 Å². The SMILES string of the molecule is O=c1n(CCNc2ccc(-c3ccccc3)cc2)nc2ccccn12. The van der Waals surface area contributed by atoms with Gasteiger partial charge >= 0.3 is 5.69 Å². The second-order valence-corrected chi connectivity index (χ2v) is 5.80. The van der Waals surface area contributed by atoms with Crippen molar-refractivity contribution in [2.24, 2.45) is 0 Å². The molecule has 0 amide bonds. The summed E-state index contributed by atoms with van der Waals surface area (Å²) in [4.78, 5) is 12.2. The van der Waals surface area contributed by atoms with E-state index in [4.69, 9.17) is 0 Å². The molecule has 0 radical (unpaired) electrons. The molecule has 0 aliphatic rings. The number of pyridine rings is 1. The molecule has 25 heavy (non-hydrogen) atoms. The van der Waals surface area contributed by atoms with Gasteiger partial charge in [-0.05, 0) is 35.4 Å². The van der Waals surface area contributed by atoms with E-state index in [9.17, 15) is 4.79 Å². The summed E-state index contributed by atoms with van der Waals surface area (Å²) in [5.74, 6) is 0. The quantitative estimate of drug-likeness (QED) is 0.611. The Morgan fingerprint density at radius 1 is 0.840 bits per heavy atom. The van der Waals surface area contributed by atoms with Crippen LogP contribution in [0.3, 0.4) is 0 Å². The molecule has 0 bridgehead atoms. The third-order valence-corrected chi connectivity index (χ3v) is 4.13. The fourth-order valence-corrected chi connectivity index (χ4v) is 2.83. The molecule has 0 aliphatic heterocycles. The van der Waals surface area contributed by atoms with E-state index in [-0.39, 0.29) is 5.69 Å². The van der Waals surface area contributed by atoms with Crippen LogP contribution in [0.5, 0.6) is 0 Å². The van der Waals surface area contributed by atoms with Crippen molar-refractivity contribution in [3.63, 3.8) is 0 Å². The maximum atomic E-state index is 12.2. The molecule has 4 aromatic rings. The van der Waals surface area contributed by atoms with Crippen LogP contribution in [-0.2, 0) is 6.54 Å². The summed E-state index contributed by atoms with van der Waals surface area (Å²) in [6.07, 6.45) is 1.73. The minimum absolute atomic E-state index is 0.114. The number of fused-ring (bicyclic) bond motifs is 1. The van der Waals surface area contributed by atoms with Gasteiger partial charge in [0.2, 0.25) is 0 Å². The zero-order valence-corrected chi connectivity index (χ0v) is 13.7. The Balaban J connectivity index is 1.41. The largest absolute Gasteiger partial charge is 0.383 e. The first kappa shape index (κ1) is 15.2. The zero-order chi connectivity index (χ0) is 17.1. The van der Waals surface area contributed by atoms with Crippen LogP contribution < -0.4 is 11.0 Å². The topological polar surface area (TPSA) is 51.3 Å². The van der Waals surface area contributed by atoms with Gasteiger partial charge in [0, 0.05) is 18.4 Å². The van der Waals surface area contributed by atoms with Crippen molar-refractivity contribution >= 4 is 11.3 Å². The molecule has 2 heterocycles. The van der Waals surface area contributed by atoms with E-state index in [1.54, 1.807) is 10.6 Å². The molecule has 5 nitrogen and oxygen atoms in total. The van der Waals surface area contributed by atoms with Gasteiger partial charge < -0.3 is 5.32 Å². The molecular formula is C20H18N4O. The Kier molecular flexibility index (Phi) is 4.04. The average molecular weight is 330 g/mol. The fraction of sp³-hybridized carbons (Fsp3) is 0.100. The number of aromatic nitrogens is 3. The summed E-state index contributed by atoms with van der Waals surface area (Å²) in [6, 6.07) is 24.1. The van der Waals surface area contributed by atoms with Crippen molar-refractivity contribution in [1.29, 1.82) is 0 Å². The van der Waals surface area contributed by atoms with Crippen molar-refractivity contribution in [2.75, 3.05) is 11.9 Å². The van der Waals surface area contributed by atoms with Gasteiger partial charge in [0.1, 0.15) is 0 Å². The summed E-state index contributed by atoms with van der Waals surface area (Å²) in [5.41, 5.74) is 3.96. The molecule has 124 valence electrons. The van der Waals surface area contributed by atoms with E-state index >= 15 is 0 Å². The van der Waals surface area contributed by atoms with Gasteiger partial charge in [-0.25, -0.2) is 9.48 Å². The van der Waals surface area contributed by atoms with Gasteiger partial charge in [0.05, 0.1) is 6.54 Å². The second-order valence-electron chi connectivity index (χ2n) is 5.80. The molecule has 1 N–H and O–H groups in total. The number of nitrogens with one attached hydrogen (secondary N) is 1. The van der Waals surface area contributed by atoms with Gasteiger partial charge in [-0.2, -0.15) is 0 Å². The summed E-state index contributed by atoms with van der Waals surface area (Å²) < 4.78 is 3.04. The van der Waals surface area contributed by atoms with Crippen LogP contribution in [0.1, 0.15) is 0 Å². The van der Waals surface area contributed by atoms with Gasteiger partial charge in [-0.3, -0.25) is 4.40 Å². The number of rotatable bonds is 5. The lowest BCUT2D eigenvalue weighted by Gasteiger charge is -2.07. The van der Waals surface area contributed by atoms with E-state index in [1.165, 1.54) is 15.8 Å². The number of hydrogen-bond donors (Lipinski definition) is 1. The molecular weight excluding hydrogens is 312 g/mol. The molecule has 0 spiro atoms. The second kappa shape index (κ2) is 6.65. The van der Waals surface area contributed by atoms with E-state index in [0.29, 0.717) is 18.7 Å². The van der Waals surface area contributed by atoms with E-state index < -0.39 is 0 Å². The van der Waals surface area contributed by atoms with Crippen molar-refractivity contribution in [3.8, 4) is 11.1 Å². The standard InChI is InChI=1S/C20H18N4O/c25-20-23-14-5-4-8-19(23)22-24(20)15-13-21-18-11-9-17(10-12-18)16-6-2-1-3-7-16/h1-12,14,21H,13,15H2. The summed E-state index contributed by atoms with van der Waals surface area (Å²) in [6.45, 7) is 1.15. The maximum Gasteiger partial charge on any atom is 0.350 e. The van der Waals surface area contributed by atoms with Crippen LogP contribution in [0, 0.1) is 0 Å². The molecule has 0 aliphatic carbocycles. The molecule has 0 fully saturated rings. The summed E-state index contributed by atoms with van der Waals surface area (Å²) >= 11 is 0. The van der Waals surface area contributed by atoms with Gasteiger partial charge in [0.15, 0.2) is 5.65 Å². The van der Waals surface area contributed by atoms with Crippen LogP contribution in [-0.4, -0.2) is 20.7 Å². The number of hydrogen-bond acceptors (Lipinski definition) is 3. The molecule has 5 heteroatoms. The van der Waals surface area contributed by atoms with Gasteiger partial charge in [-0.15, -0.1) is 5.10 Å². The molecule has 2 aromatic carbocycles. The van der Waals surface area contributed by atoms with Crippen LogP contribution in [0.2, 0.25) is 0 Å². The molecule has 0 saturated carbocycles. The van der Waals surface area contributed by atoms with Gasteiger partial charge in [-0.1, -0.05) is 48.5 Å². The van der Waals surface area contributed by atoms with Gasteiger partial charge in [0.25, 0.3) is 0 Å². The monoisotopic (exact) mass is 330 g/mol. The first-order valence-corrected chi connectivity index (χ1v) is 8.25. The number of benzene rings is 2. The highest BCUT2D eigenvalue weighted by Gasteiger charge is 2.05. The lowest BCUT2D eigenvalue weighted by atomic mass is 10.1. The minimum Gasteiger partial charge on any atom is -0.383 e. The van der Waals surface area contributed by atoms with Crippen LogP contribution >= 0.6 is 0 Å². The normalized spacial score (nSPS) is 10.9. The highest BCUT2D eigenvalue weighted by atomic mass is 16.2. The minimum atomic E-state index is -0.114. The molecule has 0 unspecified atom stereocenters. The predicted molar refractivity (Wildman–Crippen MR) is 99.8 cm³/mol. The molecule has 2 aromatic heterocycles. The van der Waals surface area contributed by atoms with Crippen molar-refractivity contribution in [2.45, 2.75) is 6.54 Å². The van der Waals surface area contributed by atoms with Crippen LogP contribution in [0.25, 0.3) is 16.8 Å². The third kappa shape index (κ3) is 3.17. The summed E-state index contributed by atoms with van der Waals surface area (Å²) in [5, 5.41) is 7.66. The number of anilines is 1. The highest BCUT2D eigenvalue weighted by Crippen LogP contribution is 2.20. The average Bonchev–Trinajstić information content (AvgIpc) is 2.99. The summed E-state index contributed by atoms with van der Waals surface area (Å²) in [7, 11) is 0. The lowest BCUT2D eigenvalue weighted by Crippen LogP contribution is -2.24. The first-order valence-electron chi connectivity index (χ1n) is 8.25. The van der Waals surface area contributed by atoms with Crippen LogP contribution in [0.4, 0.5) is 5.69 Å². The van der Waals surface area contributed by atoms with Crippen molar-refractivity contribution < 1.29 is 0 Å². The lowest BCUT2D eigenvalue weighted by molar-refractivity contribution is 0.614. The molecule has 0 atom stereocenters. The Bertz CT molecular complexity index is 1030.